The summed E-state index contributed by atoms with van der Waals surface area (Å²) in [5, 5.41) is 12.7. The lowest BCUT2D eigenvalue weighted by atomic mass is 10.2. The van der Waals surface area contributed by atoms with Crippen LogP contribution in [0.1, 0.15) is 34.7 Å². The number of hydrogen-bond donors (Lipinski definition) is 3. The van der Waals surface area contributed by atoms with Crippen LogP contribution in [0.25, 0.3) is 0 Å². The lowest BCUT2D eigenvalue weighted by Crippen LogP contribution is -2.33. The molecule has 1 heterocycles. The van der Waals surface area contributed by atoms with Gasteiger partial charge in [-0.05, 0) is 45.0 Å². The van der Waals surface area contributed by atoms with Crippen LogP contribution < -0.4 is 16.0 Å². The molecule has 1 atom stereocenters. The average Bonchev–Trinajstić information content (AvgIpc) is 2.92. The Kier molecular flexibility index (Phi) is 6.03. The highest BCUT2D eigenvalue weighted by Gasteiger charge is 2.13. The second-order valence-corrected chi connectivity index (χ2v) is 6.24. The van der Waals surface area contributed by atoms with E-state index in [0.29, 0.717) is 22.8 Å². The summed E-state index contributed by atoms with van der Waals surface area (Å²) in [5.74, 6) is -0.313. The third-order valence-electron chi connectivity index (χ3n) is 3.72. The average molecular weight is 364 g/mol. The van der Waals surface area contributed by atoms with E-state index in [1.165, 1.54) is 13.1 Å². The van der Waals surface area contributed by atoms with E-state index in [1.54, 1.807) is 12.1 Å². The van der Waals surface area contributed by atoms with Gasteiger partial charge in [0, 0.05) is 25.0 Å². The molecular formula is C17H22ClN5O2. The van der Waals surface area contributed by atoms with E-state index < -0.39 is 0 Å². The summed E-state index contributed by atoms with van der Waals surface area (Å²) in [5.41, 5.74) is 2.77. The molecule has 0 aliphatic carbocycles. The Morgan fingerprint density at radius 2 is 2.00 bits per heavy atom. The summed E-state index contributed by atoms with van der Waals surface area (Å²) in [6.07, 6.45) is 0. The first-order chi connectivity index (χ1) is 11.8. The van der Waals surface area contributed by atoms with Crippen LogP contribution in [0.5, 0.6) is 0 Å². The van der Waals surface area contributed by atoms with Crippen molar-refractivity contribution in [2.24, 2.45) is 0 Å². The smallest absolute Gasteiger partial charge is 0.319 e. The van der Waals surface area contributed by atoms with E-state index in [1.807, 2.05) is 31.5 Å². The molecule has 2 rings (SSSR count). The monoisotopic (exact) mass is 363 g/mol. The fourth-order valence-electron chi connectivity index (χ4n) is 2.51. The summed E-state index contributed by atoms with van der Waals surface area (Å²) in [4.78, 5) is 23.8. The molecule has 7 nitrogen and oxygen atoms in total. The van der Waals surface area contributed by atoms with Crippen LogP contribution in [0.15, 0.2) is 24.3 Å². The highest BCUT2D eigenvalue weighted by atomic mass is 35.5. The van der Waals surface area contributed by atoms with E-state index in [2.05, 4.69) is 21.0 Å². The zero-order valence-electron chi connectivity index (χ0n) is 14.7. The lowest BCUT2D eigenvalue weighted by Gasteiger charge is -2.16. The maximum atomic E-state index is 12.1. The Hall–Kier alpha value is -2.54. The second-order valence-electron chi connectivity index (χ2n) is 5.83. The molecule has 0 fully saturated rings. The van der Waals surface area contributed by atoms with Gasteiger partial charge in [-0.3, -0.25) is 9.48 Å². The van der Waals surface area contributed by atoms with Gasteiger partial charge in [-0.15, -0.1) is 0 Å². The second kappa shape index (κ2) is 8.02. The molecule has 0 aliphatic rings. The fraction of sp³-hybridized carbons (Fsp3) is 0.353. The summed E-state index contributed by atoms with van der Waals surface area (Å²) < 4.78 is 1.88. The molecule has 0 bridgehead atoms. The van der Waals surface area contributed by atoms with E-state index in [-0.39, 0.29) is 18.0 Å². The third kappa shape index (κ3) is 4.73. The third-order valence-corrected chi connectivity index (χ3v) is 4.05. The van der Waals surface area contributed by atoms with Crippen molar-refractivity contribution < 1.29 is 9.59 Å². The predicted octanol–water partition coefficient (Wildman–Crippen LogP) is 2.90. The molecule has 0 saturated carbocycles. The zero-order chi connectivity index (χ0) is 18.6. The van der Waals surface area contributed by atoms with Crippen LogP contribution in [-0.2, 0) is 0 Å². The molecule has 0 aliphatic heterocycles. The Morgan fingerprint density at radius 3 is 2.60 bits per heavy atom. The number of aryl methyl sites for hydroxylation is 2. The van der Waals surface area contributed by atoms with Crippen LogP contribution in [0.2, 0.25) is 5.02 Å². The number of benzene rings is 1. The SMILES string of the molecule is CNC(=O)c1cc(NC(=O)NC[C@H](C)n2nc(C)cc2C)ccc1Cl. The topological polar surface area (TPSA) is 88.0 Å². The van der Waals surface area contributed by atoms with Gasteiger partial charge in [0.15, 0.2) is 0 Å². The molecule has 3 amide bonds. The van der Waals surface area contributed by atoms with Gasteiger partial charge in [-0.25, -0.2) is 4.79 Å². The number of nitrogens with zero attached hydrogens (tertiary/aromatic N) is 2. The molecule has 134 valence electrons. The quantitative estimate of drug-likeness (QED) is 0.763. The molecular weight excluding hydrogens is 342 g/mol. The number of halogens is 1. The zero-order valence-corrected chi connectivity index (χ0v) is 15.4. The molecule has 0 spiro atoms. The van der Waals surface area contributed by atoms with Crippen molar-refractivity contribution in [3.05, 3.63) is 46.2 Å². The molecule has 25 heavy (non-hydrogen) atoms. The minimum absolute atomic E-state index is 0.0195. The fourth-order valence-corrected chi connectivity index (χ4v) is 2.71. The molecule has 3 N–H and O–H groups in total. The van der Waals surface area contributed by atoms with Gasteiger partial charge < -0.3 is 16.0 Å². The van der Waals surface area contributed by atoms with Crippen molar-refractivity contribution in [2.75, 3.05) is 18.9 Å². The summed E-state index contributed by atoms with van der Waals surface area (Å²) >= 11 is 5.99. The van der Waals surface area contributed by atoms with Crippen molar-refractivity contribution in [3.63, 3.8) is 0 Å². The van der Waals surface area contributed by atoms with E-state index in [4.69, 9.17) is 11.6 Å². The first-order valence-electron chi connectivity index (χ1n) is 7.91. The highest BCUT2D eigenvalue weighted by molar-refractivity contribution is 6.34. The Morgan fingerprint density at radius 1 is 1.28 bits per heavy atom. The first kappa shape index (κ1) is 18.8. The molecule has 1 aromatic heterocycles. The van der Waals surface area contributed by atoms with Gasteiger partial charge in [0.2, 0.25) is 0 Å². The molecule has 0 saturated heterocycles. The number of carbonyl (C=O) groups excluding carboxylic acids is 2. The van der Waals surface area contributed by atoms with Crippen LogP contribution in [0.4, 0.5) is 10.5 Å². The molecule has 0 unspecified atom stereocenters. The van der Waals surface area contributed by atoms with E-state index in [9.17, 15) is 9.59 Å². The highest BCUT2D eigenvalue weighted by Crippen LogP contribution is 2.20. The lowest BCUT2D eigenvalue weighted by molar-refractivity contribution is 0.0963. The Balaban J connectivity index is 1.96. The van der Waals surface area contributed by atoms with Gasteiger partial charge in [0.1, 0.15) is 0 Å². The molecule has 0 radical (unpaired) electrons. The number of anilines is 1. The van der Waals surface area contributed by atoms with E-state index in [0.717, 1.165) is 11.4 Å². The van der Waals surface area contributed by atoms with Crippen molar-refractivity contribution in [2.45, 2.75) is 26.8 Å². The minimum atomic E-state index is -0.362. The predicted molar refractivity (Wildman–Crippen MR) is 98.3 cm³/mol. The molecule has 1 aromatic carbocycles. The van der Waals surface area contributed by atoms with Crippen molar-refractivity contribution in [1.29, 1.82) is 0 Å². The number of hydrogen-bond acceptors (Lipinski definition) is 3. The van der Waals surface area contributed by atoms with Gasteiger partial charge in [-0.2, -0.15) is 5.10 Å². The maximum absolute atomic E-state index is 12.1. The van der Waals surface area contributed by atoms with Crippen LogP contribution >= 0.6 is 11.6 Å². The van der Waals surface area contributed by atoms with Gasteiger partial charge in [-0.1, -0.05) is 11.6 Å². The minimum Gasteiger partial charge on any atom is -0.355 e. The van der Waals surface area contributed by atoms with Gasteiger partial charge in [0.05, 0.1) is 22.3 Å². The number of nitrogens with one attached hydrogen (secondary N) is 3. The van der Waals surface area contributed by atoms with Gasteiger partial charge in [0.25, 0.3) is 5.91 Å². The molecule has 2 aromatic rings. The van der Waals surface area contributed by atoms with E-state index >= 15 is 0 Å². The normalized spacial score (nSPS) is 11.7. The van der Waals surface area contributed by atoms with Crippen LogP contribution in [0.3, 0.4) is 0 Å². The van der Waals surface area contributed by atoms with Crippen molar-refractivity contribution in [1.82, 2.24) is 20.4 Å². The number of rotatable bonds is 5. The number of amides is 3. The van der Waals surface area contributed by atoms with Crippen LogP contribution in [0, 0.1) is 13.8 Å². The summed E-state index contributed by atoms with van der Waals surface area (Å²) in [7, 11) is 1.52. The van der Waals surface area contributed by atoms with Crippen LogP contribution in [-0.4, -0.2) is 35.3 Å². The first-order valence-corrected chi connectivity index (χ1v) is 8.29. The number of aromatic nitrogens is 2. The van der Waals surface area contributed by atoms with Crippen molar-refractivity contribution >= 4 is 29.2 Å². The van der Waals surface area contributed by atoms with Gasteiger partial charge >= 0.3 is 6.03 Å². The summed E-state index contributed by atoms with van der Waals surface area (Å²) in [6.45, 7) is 6.31. The molecule has 8 heteroatoms. The number of urea groups is 1. The standard InChI is InChI=1S/C17H22ClN5O2/c1-10-7-11(2)23(22-10)12(3)9-20-17(25)21-13-5-6-15(18)14(8-13)16(24)19-4/h5-8,12H,9H2,1-4H3,(H,19,24)(H2,20,21,25)/t12-/m0/s1. The Bertz CT molecular complexity index is 787. The maximum Gasteiger partial charge on any atom is 0.319 e. The number of carbonyl (C=O) groups is 2. The largest absolute Gasteiger partial charge is 0.355 e. The Labute approximate surface area is 151 Å². The summed E-state index contributed by atoms with van der Waals surface area (Å²) in [6, 6.07) is 6.39. The van der Waals surface area contributed by atoms with Crippen molar-refractivity contribution in [3.8, 4) is 0 Å².